The molecule has 3 heteroatoms. The van der Waals surface area contributed by atoms with Crippen molar-refractivity contribution in [3.63, 3.8) is 0 Å². The molecular formula is C48H52CoN2. The van der Waals surface area contributed by atoms with Crippen molar-refractivity contribution < 1.29 is 16.8 Å². The van der Waals surface area contributed by atoms with Crippen LogP contribution in [0.15, 0.2) is 84.9 Å². The van der Waals surface area contributed by atoms with Gasteiger partial charge in [-0.3, -0.25) is 0 Å². The van der Waals surface area contributed by atoms with Crippen LogP contribution in [0.25, 0.3) is 56.0 Å². The maximum absolute atomic E-state index is 8.92. The van der Waals surface area contributed by atoms with Crippen molar-refractivity contribution in [2.75, 3.05) is 0 Å². The Morgan fingerprint density at radius 2 is 0.451 bits per heavy atom. The molecule has 6 aromatic carbocycles. The van der Waals surface area contributed by atoms with Crippen LogP contribution in [0.4, 0.5) is 11.4 Å². The average Bonchev–Trinajstić information content (AvgIpc) is 2.99. The number of nitrogens with one attached hydrogen (secondary N) is 2. The average molecular weight is 716 g/mol. The van der Waals surface area contributed by atoms with Gasteiger partial charge in [0.05, 0.1) is 0 Å². The van der Waals surface area contributed by atoms with E-state index in [9.17, 15) is 0 Å². The van der Waals surface area contributed by atoms with E-state index in [1.54, 1.807) is 0 Å². The zero-order valence-electron chi connectivity index (χ0n) is 32.4. The maximum atomic E-state index is 8.92. The van der Waals surface area contributed by atoms with Crippen LogP contribution in [0, 0.1) is 83.1 Å². The molecule has 0 saturated heterocycles. The Hall–Kier alpha value is -4.57. The van der Waals surface area contributed by atoms with Crippen LogP contribution < -0.4 is 0 Å². The fourth-order valence-corrected chi connectivity index (χ4v) is 8.36. The second kappa shape index (κ2) is 15.8. The summed E-state index contributed by atoms with van der Waals surface area (Å²) in [5.41, 5.74) is 42.9. The predicted octanol–water partition coefficient (Wildman–Crippen LogP) is 15.1. The minimum absolute atomic E-state index is 0. The van der Waals surface area contributed by atoms with Crippen molar-refractivity contribution in [2.45, 2.75) is 83.1 Å². The monoisotopic (exact) mass is 715 g/mol. The molecule has 6 rings (SSSR count). The molecule has 0 amide bonds. The first-order valence-electron chi connectivity index (χ1n) is 17.6. The van der Waals surface area contributed by atoms with Crippen molar-refractivity contribution in [3.05, 3.63) is 163 Å². The van der Waals surface area contributed by atoms with E-state index in [-0.39, 0.29) is 16.8 Å². The normalized spacial score (nSPS) is 10.7. The summed E-state index contributed by atoms with van der Waals surface area (Å²) in [4.78, 5) is 0. The van der Waals surface area contributed by atoms with Crippen LogP contribution in [0.5, 0.6) is 0 Å². The summed E-state index contributed by atoms with van der Waals surface area (Å²) in [5, 5.41) is 0. The van der Waals surface area contributed by atoms with E-state index < -0.39 is 0 Å². The molecule has 0 atom stereocenters. The number of aryl methyl sites for hydroxylation is 12. The van der Waals surface area contributed by atoms with E-state index in [1.165, 1.54) is 89.0 Å². The van der Waals surface area contributed by atoms with Gasteiger partial charge < -0.3 is 11.5 Å². The molecule has 0 aliphatic carbocycles. The Balaban J connectivity index is 0.000000224. The van der Waals surface area contributed by atoms with Gasteiger partial charge in [0.2, 0.25) is 0 Å². The van der Waals surface area contributed by atoms with Gasteiger partial charge in [0, 0.05) is 0 Å². The van der Waals surface area contributed by atoms with Gasteiger partial charge in [0.15, 0.2) is 0 Å². The number of benzene rings is 6. The standard InChI is InChI=1S/2C24H26N.Co/c2*1-14-10-16(3)22(17(4)11-14)20-8-7-9-21(24(20)25)23-18(5)12-15(2)13-19(23)6;/h2*7-13,25H,1-6H3;/q2*-1;+2. The predicted molar refractivity (Wildman–Crippen MR) is 219 cm³/mol. The van der Waals surface area contributed by atoms with Crippen molar-refractivity contribution in [3.8, 4) is 44.5 Å². The molecule has 263 valence electrons. The SMILES string of the molecule is Cc1cc(C)c(-c2cccc(-c3c(C)cc(C)cc3C)c2[NH-])c(C)c1.Cc1cc(C)c(-c2cccc(-c3c(C)cc(C)cc3C)c2[NH-])c(C)c1.[Co+2]. The Morgan fingerprint density at radius 1 is 0.294 bits per heavy atom. The van der Waals surface area contributed by atoms with Crippen molar-refractivity contribution in [1.82, 2.24) is 0 Å². The molecule has 0 aromatic heterocycles. The van der Waals surface area contributed by atoms with Crippen LogP contribution in [0.1, 0.15) is 66.8 Å². The second-order valence-electron chi connectivity index (χ2n) is 14.6. The molecule has 0 bridgehead atoms. The van der Waals surface area contributed by atoms with Gasteiger partial charge in [-0.25, -0.2) is 0 Å². The van der Waals surface area contributed by atoms with E-state index in [0.29, 0.717) is 11.4 Å². The Morgan fingerprint density at radius 3 is 0.608 bits per heavy atom. The molecule has 6 aromatic rings. The van der Waals surface area contributed by atoms with E-state index in [0.717, 1.165) is 22.3 Å². The summed E-state index contributed by atoms with van der Waals surface area (Å²) in [6, 6.07) is 30.1. The molecule has 2 N–H and O–H groups in total. The van der Waals surface area contributed by atoms with Gasteiger partial charge in [-0.1, -0.05) is 107 Å². The Bertz CT molecular complexity index is 1850. The van der Waals surface area contributed by atoms with Gasteiger partial charge >= 0.3 is 16.8 Å². The number of rotatable bonds is 4. The largest absolute Gasteiger partial charge is 2.00 e. The number of hydrogen-bond donors (Lipinski definition) is 0. The molecule has 0 fully saturated rings. The first-order valence-corrected chi connectivity index (χ1v) is 17.6. The molecule has 1 radical (unpaired) electrons. The van der Waals surface area contributed by atoms with E-state index in [4.69, 9.17) is 11.5 Å². The second-order valence-corrected chi connectivity index (χ2v) is 14.6. The summed E-state index contributed by atoms with van der Waals surface area (Å²) >= 11 is 0. The summed E-state index contributed by atoms with van der Waals surface area (Å²) in [7, 11) is 0. The van der Waals surface area contributed by atoms with Crippen molar-refractivity contribution in [2.24, 2.45) is 0 Å². The Labute approximate surface area is 317 Å². The minimum Gasteiger partial charge on any atom is -0.698 e. The summed E-state index contributed by atoms with van der Waals surface area (Å²) < 4.78 is 0. The third-order valence-electron chi connectivity index (χ3n) is 9.91. The van der Waals surface area contributed by atoms with Gasteiger partial charge in [-0.15, -0.1) is 11.4 Å². The third-order valence-corrected chi connectivity index (χ3v) is 9.91. The van der Waals surface area contributed by atoms with Crippen molar-refractivity contribution in [1.29, 1.82) is 0 Å². The maximum Gasteiger partial charge on any atom is 2.00 e. The van der Waals surface area contributed by atoms with Crippen molar-refractivity contribution >= 4 is 11.4 Å². The van der Waals surface area contributed by atoms with Gasteiger partial charge in [0.25, 0.3) is 0 Å². The minimum atomic E-state index is 0. The summed E-state index contributed by atoms with van der Waals surface area (Å²) in [6.45, 7) is 25.6. The van der Waals surface area contributed by atoms with Crippen LogP contribution in [-0.2, 0) is 16.8 Å². The van der Waals surface area contributed by atoms with E-state index >= 15 is 0 Å². The quantitative estimate of drug-likeness (QED) is 0.174. The molecule has 0 saturated carbocycles. The van der Waals surface area contributed by atoms with Crippen LogP contribution in [-0.4, -0.2) is 0 Å². The molecule has 2 nitrogen and oxygen atoms in total. The molecule has 0 aliphatic heterocycles. The van der Waals surface area contributed by atoms with Crippen LogP contribution in [0.3, 0.4) is 0 Å². The zero-order chi connectivity index (χ0) is 36.6. The fourth-order valence-electron chi connectivity index (χ4n) is 8.36. The topological polar surface area (TPSA) is 47.6 Å². The molecular weight excluding hydrogens is 663 g/mol. The Kier molecular flexibility index (Phi) is 12.1. The summed E-state index contributed by atoms with van der Waals surface area (Å²) in [5.74, 6) is 0. The molecule has 0 unspecified atom stereocenters. The smallest absolute Gasteiger partial charge is 0.698 e. The van der Waals surface area contributed by atoms with E-state index in [1.807, 2.05) is 0 Å². The van der Waals surface area contributed by atoms with Crippen LogP contribution >= 0.6 is 0 Å². The zero-order valence-corrected chi connectivity index (χ0v) is 33.5. The van der Waals surface area contributed by atoms with Gasteiger partial charge in [0.1, 0.15) is 0 Å². The van der Waals surface area contributed by atoms with Crippen LogP contribution in [0.2, 0.25) is 0 Å². The molecule has 0 aliphatic rings. The van der Waals surface area contributed by atoms with E-state index in [2.05, 4.69) is 168 Å². The summed E-state index contributed by atoms with van der Waals surface area (Å²) in [6.07, 6.45) is 0. The first kappa shape index (κ1) is 39.2. The molecule has 0 heterocycles. The van der Waals surface area contributed by atoms with Gasteiger partial charge in [-0.2, -0.15) is 0 Å². The first-order chi connectivity index (χ1) is 23.6. The third kappa shape index (κ3) is 8.01. The number of hydrogen-bond acceptors (Lipinski definition) is 0. The molecule has 0 spiro atoms. The fraction of sp³-hybridized carbons (Fsp3) is 0.250. The van der Waals surface area contributed by atoms with Gasteiger partial charge in [-0.05, 0) is 172 Å². The molecule has 51 heavy (non-hydrogen) atoms.